The summed E-state index contributed by atoms with van der Waals surface area (Å²) in [6, 6.07) is 18.2. The lowest BCUT2D eigenvalue weighted by Gasteiger charge is -2.36. The summed E-state index contributed by atoms with van der Waals surface area (Å²) in [6.45, 7) is 6.50. The van der Waals surface area contributed by atoms with E-state index in [1.165, 1.54) is 23.0 Å². The van der Waals surface area contributed by atoms with E-state index in [0.717, 1.165) is 48.3 Å². The van der Waals surface area contributed by atoms with Crippen molar-refractivity contribution in [2.45, 2.75) is 18.5 Å². The Hall–Kier alpha value is -3.46. The molecule has 1 N–H and O–H groups in total. The van der Waals surface area contributed by atoms with Crippen LogP contribution in [0.5, 0.6) is 11.5 Å². The molecule has 3 heterocycles. The number of aromatic nitrogens is 2. The van der Waals surface area contributed by atoms with Crippen LogP contribution in [0.15, 0.2) is 59.6 Å². The highest BCUT2D eigenvalue weighted by Crippen LogP contribution is 2.32. The molecule has 0 bridgehead atoms. The minimum Gasteiger partial charge on any atom is -0.454 e. The Morgan fingerprint density at radius 2 is 1.79 bits per heavy atom. The molecule has 2 aliphatic heterocycles. The normalized spacial score (nSPS) is 14.9. The van der Waals surface area contributed by atoms with Gasteiger partial charge in [0.1, 0.15) is 5.03 Å². The highest BCUT2D eigenvalue weighted by molar-refractivity contribution is 7.99. The Bertz CT molecular complexity index is 1150. The number of thioether (sulfide) groups is 1. The van der Waals surface area contributed by atoms with Gasteiger partial charge in [-0.1, -0.05) is 30.0 Å². The van der Waals surface area contributed by atoms with Crippen LogP contribution < -0.4 is 24.6 Å². The highest BCUT2D eigenvalue weighted by atomic mass is 32.2. The Morgan fingerprint density at radius 1 is 0.971 bits per heavy atom. The molecule has 0 unspecified atom stereocenters. The van der Waals surface area contributed by atoms with Crippen molar-refractivity contribution in [1.29, 1.82) is 0 Å². The van der Waals surface area contributed by atoms with Gasteiger partial charge in [0, 0.05) is 38.4 Å². The average Bonchev–Trinajstić information content (AvgIpc) is 3.35. The van der Waals surface area contributed by atoms with Crippen molar-refractivity contribution in [3.8, 4) is 11.5 Å². The molecule has 2 aromatic carbocycles. The lowest BCUT2D eigenvalue weighted by Crippen LogP contribution is -2.46. The number of anilines is 2. The van der Waals surface area contributed by atoms with Crippen LogP contribution in [0, 0.1) is 6.92 Å². The predicted molar refractivity (Wildman–Crippen MR) is 133 cm³/mol. The maximum atomic E-state index is 12.3. The fraction of sp³-hybridized carbons (Fsp3) is 0.320. The molecule has 2 aliphatic rings. The van der Waals surface area contributed by atoms with Crippen molar-refractivity contribution in [3.05, 3.63) is 65.7 Å². The van der Waals surface area contributed by atoms with Crippen molar-refractivity contribution in [2.24, 2.45) is 0 Å². The van der Waals surface area contributed by atoms with Crippen molar-refractivity contribution in [3.63, 3.8) is 0 Å². The summed E-state index contributed by atoms with van der Waals surface area (Å²) in [4.78, 5) is 16.9. The van der Waals surface area contributed by atoms with Gasteiger partial charge in [0.2, 0.25) is 12.7 Å². The van der Waals surface area contributed by atoms with Crippen molar-refractivity contribution in [2.75, 3.05) is 48.5 Å². The van der Waals surface area contributed by atoms with Gasteiger partial charge in [0.15, 0.2) is 17.3 Å². The maximum Gasteiger partial charge on any atom is 0.231 e. The highest BCUT2D eigenvalue weighted by Gasteiger charge is 2.19. The summed E-state index contributed by atoms with van der Waals surface area (Å²) in [6.07, 6.45) is 0. The van der Waals surface area contributed by atoms with E-state index in [-0.39, 0.29) is 18.5 Å². The largest absolute Gasteiger partial charge is 0.454 e. The number of carbonyl (C=O) groups excluding carboxylic acids is 1. The van der Waals surface area contributed by atoms with Crippen LogP contribution >= 0.6 is 11.8 Å². The zero-order valence-electron chi connectivity index (χ0n) is 19.1. The van der Waals surface area contributed by atoms with Crippen molar-refractivity contribution >= 4 is 29.2 Å². The molecule has 1 saturated heterocycles. The van der Waals surface area contributed by atoms with Gasteiger partial charge in [0.25, 0.3) is 0 Å². The second-order valence-electron chi connectivity index (χ2n) is 8.30. The smallest absolute Gasteiger partial charge is 0.231 e. The molecular weight excluding hydrogens is 450 g/mol. The first-order valence-electron chi connectivity index (χ1n) is 11.3. The van der Waals surface area contributed by atoms with Gasteiger partial charge in [-0.3, -0.25) is 4.79 Å². The Balaban J connectivity index is 1.06. The van der Waals surface area contributed by atoms with Gasteiger partial charge in [-0.25, -0.2) is 0 Å². The van der Waals surface area contributed by atoms with E-state index >= 15 is 0 Å². The summed E-state index contributed by atoms with van der Waals surface area (Å²) >= 11 is 1.38. The van der Waals surface area contributed by atoms with E-state index in [1.807, 2.05) is 30.3 Å². The molecule has 8 nitrogen and oxygen atoms in total. The quantitative estimate of drug-likeness (QED) is 0.520. The van der Waals surface area contributed by atoms with E-state index in [9.17, 15) is 4.79 Å². The molecule has 9 heteroatoms. The number of amides is 1. The van der Waals surface area contributed by atoms with Crippen LogP contribution in [0.3, 0.4) is 0 Å². The molecule has 0 aliphatic carbocycles. The third kappa shape index (κ3) is 5.36. The van der Waals surface area contributed by atoms with Gasteiger partial charge in [0.05, 0.1) is 5.75 Å². The number of rotatable bonds is 7. The van der Waals surface area contributed by atoms with E-state index in [1.54, 1.807) is 0 Å². The molecule has 0 atom stereocenters. The molecule has 5 rings (SSSR count). The van der Waals surface area contributed by atoms with Gasteiger partial charge in [-0.15, -0.1) is 10.2 Å². The number of nitrogens with one attached hydrogen (secondary N) is 1. The molecule has 3 aromatic rings. The second kappa shape index (κ2) is 10.2. The zero-order chi connectivity index (χ0) is 23.3. The van der Waals surface area contributed by atoms with Crippen LogP contribution in [0.4, 0.5) is 11.5 Å². The fourth-order valence-electron chi connectivity index (χ4n) is 4.02. The van der Waals surface area contributed by atoms with Gasteiger partial charge in [-0.05, 0) is 54.4 Å². The number of hydrogen-bond donors (Lipinski definition) is 1. The number of fused-ring (bicyclic) bond motifs is 1. The predicted octanol–water partition coefficient (Wildman–Crippen LogP) is 3.25. The molecule has 1 amide bonds. The van der Waals surface area contributed by atoms with Crippen LogP contribution in [0.1, 0.15) is 11.1 Å². The second-order valence-corrected chi connectivity index (χ2v) is 9.29. The van der Waals surface area contributed by atoms with Crippen molar-refractivity contribution < 1.29 is 14.3 Å². The molecule has 176 valence electrons. The number of ether oxygens (including phenoxy) is 2. The first-order chi connectivity index (χ1) is 16.6. The van der Waals surface area contributed by atoms with Crippen LogP contribution in [-0.4, -0.2) is 54.8 Å². The first kappa shape index (κ1) is 22.3. The first-order valence-corrected chi connectivity index (χ1v) is 12.3. The minimum atomic E-state index is -0.0548. The molecule has 1 aromatic heterocycles. The van der Waals surface area contributed by atoms with E-state index in [4.69, 9.17) is 9.47 Å². The van der Waals surface area contributed by atoms with E-state index in [0.29, 0.717) is 12.3 Å². The third-order valence-electron chi connectivity index (χ3n) is 5.87. The average molecular weight is 478 g/mol. The summed E-state index contributed by atoms with van der Waals surface area (Å²) < 4.78 is 10.7. The third-order valence-corrected chi connectivity index (χ3v) is 6.79. The molecular formula is C25H27N5O3S. The van der Waals surface area contributed by atoms with Crippen LogP contribution in [0.25, 0.3) is 0 Å². The Kier molecular flexibility index (Phi) is 6.71. The molecule has 1 fully saturated rings. The summed E-state index contributed by atoms with van der Waals surface area (Å²) in [5.41, 5.74) is 3.52. The monoisotopic (exact) mass is 477 g/mol. The van der Waals surface area contributed by atoms with E-state index < -0.39 is 0 Å². The zero-order valence-corrected chi connectivity index (χ0v) is 19.9. The Labute approximate surface area is 203 Å². The number of nitrogens with zero attached hydrogens (tertiary/aromatic N) is 4. The number of aryl methyl sites for hydroxylation is 1. The molecule has 0 spiro atoms. The van der Waals surface area contributed by atoms with Crippen molar-refractivity contribution in [1.82, 2.24) is 15.5 Å². The molecule has 34 heavy (non-hydrogen) atoms. The minimum absolute atomic E-state index is 0.0548. The van der Waals surface area contributed by atoms with Gasteiger partial charge >= 0.3 is 0 Å². The fourth-order valence-corrected chi connectivity index (χ4v) is 4.66. The standard InChI is InChI=1S/C25H27N5O3S/c1-18-3-2-4-20(13-18)29-9-11-30(12-10-29)23-7-8-25(28-27-23)34-16-24(31)26-15-19-5-6-21-22(14-19)33-17-32-21/h2-8,13-14H,9-12,15-17H2,1H3,(H,26,31). The van der Waals surface area contributed by atoms with Gasteiger partial charge in [-0.2, -0.15) is 0 Å². The molecule has 0 radical (unpaired) electrons. The summed E-state index contributed by atoms with van der Waals surface area (Å²) in [5, 5.41) is 12.4. The summed E-state index contributed by atoms with van der Waals surface area (Å²) in [5.74, 6) is 2.56. The van der Waals surface area contributed by atoms with Crippen LogP contribution in [-0.2, 0) is 11.3 Å². The topological polar surface area (TPSA) is 79.8 Å². The molecule has 0 saturated carbocycles. The van der Waals surface area contributed by atoms with Gasteiger partial charge < -0.3 is 24.6 Å². The number of piperazine rings is 1. The number of benzene rings is 2. The van der Waals surface area contributed by atoms with E-state index in [2.05, 4.69) is 56.5 Å². The Morgan fingerprint density at radius 3 is 2.59 bits per heavy atom. The number of hydrogen-bond acceptors (Lipinski definition) is 8. The lowest BCUT2D eigenvalue weighted by molar-refractivity contribution is -0.118. The lowest BCUT2D eigenvalue weighted by atomic mass is 10.2. The number of carbonyl (C=O) groups is 1. The SMILES string of the molecule is Cc1cccc(N2CCN(c3ccc(SCC(=O)NCc4ccc5c(c4)OCO5)nn3)CC2)c1. The van der Waals surface area contributed by atoms with Crippen LogP contribution in [0.2, 0.25) is 0 Å². The summed E-state index contributed by atoms with van der Waals surface area (Å²) in [7, 11) is 0. The maximum absolute atomic E-state index is 12.3.